The quantitative estimate of drug-likeness (QED) is 0.214. The van der Waals surface area contributed by atoms with Crippen LogP contribution in [0.25, 0.3) is 0 Å². The number of aryl methyl sites for hydroxylation is 1. The molecule has 0 aromatic heterocycles. The van der Waals surface area contributed by atoms with Crippen LogP contribution in [-0.4, -0.2) is 30.2 Å². The molecule has 1 atom stereocenters. The fraction of sp³-hybridized carbons (Fsp3) is 0.355. The molecule has 0 radical (unpaired) electrons. The molecular formula is C31H38N2O3S. The lowest BCUT2D eigenvalue weighted by molar-refractivity contribution is -0.138. The number of rotatable bonds is 14. The Bertz CT molecular complexity index is 1100. The van der Waals surface area contributed by atoms with Gasteiger partial charge in [-0.05, 0) is 73.2 Å². The molecule has 0 fully saturated rings. The summed E-state index contributed by atoms with van der Waals surface area (Å²) in [6.07, 6.45) is 5.58. The van der Waals surface area contributed by atoms with Crippen molar-refractivity contribution in [3.63, 3.8) is 0 Å². The van der Waals surface area contributed by atoms with Crippen LogP contribution in [0.5, 0.6) is 0 Å². The molecule has 0 aliphatic carbocycles. The maximum Gasteiger partial charge on any atom is 0.321 e. The van der Waals surface area contributed by atoms with Gasteiger partial charge in [-0.3, -0.25) is 9.69 Å². The third kappa shape index (κ3) is 8.97. The summed E-state index contributed by atoms with van der Waals surface area (Å²) < 4.78 is 0. The lowest BCUT2D eigenvalue weighted by Gasteiger charge is -2.24. The van der Waals surface area contributed by atoms with Crippen molar-refractivity contribution < 1.29 is 14.7 Å². The van der Waals surface area contributed by atoms with Gasteiger partial charge >= 0.3 is 12.0 Å². The smallest absolute Gasteiger partial charge is 0.321 e. The van der Waals surface area contributed by atoms with E-state index in [9.17, 15) is 14.7 Å². The second-order valence-corrected chi connectivity index (χ2v) is 10.3. The Labute approximate surface area is 225 Å². The molecular weight excluding hydrogens is 480 g/mol. The standard InChI is InChI=1S/C31H38N2O3S/c1-3-5-9-22-32-31(36)33(23-10-13-24-11-7-6-8-12-24)26-16-20-28(21-17-26)37-27-18-14-25(15-19-27)29(4-2)30(34)35/h6-8,11-12,14-21,29H,3-5,9-10,13,22-23H2,1-2H3,(H,32,36)(H,34,35). The maximum atomic E-state index is 13.1. The molecule has 5 nitrogen and oxygen atoms in total. The van der Waals surface area contributed by atoms with Gasteiger partial charge in [0.05, 0.1) is 5.92 Å². The number of carboxylic acids is 1. The first-order chi connectivity index (χ1) is 18.0. The van der Waals surface area contributed by atoms with Crippen LogP contribution in [0, 0.1) is 0 Å². The van der Waals surface area contributed by atoms with Gasteiger partial charge in [-0.1, -0.05) is 80.9 Å². The molecule has 196 valence electrons. The van der Waals surface area contributed by atoms with Crippen molar-refractivity contribution >= 4 is 29.4 Å². The van der Waals surface area contributed by atoms with E-state index in [4.69, 9.17) is 0 Å². The highest BCUT2D eigenvalue weighted by atomic mass is 32.2. The highest BCUT2D eigenvalue weighted by Gasteiger charge is 2.18. The number of carbonyl (C=O) groups is 2. The van der Waals surface area contributed by atoms with E-state index < -0.39 is 11.9 Å². The van der Waals surface area contributed by atoms with E-state index in [-0.39, 0.29) is 6.03 Å². The van der Waals surface area contributed by atoms with Crippen LogP contribution < -0.4 is 10.2 Å². The molecule has 1 unspecified atom stereocenters. The number of nitrogens with zero attached hydrogens (tertiary/aromatic N) is 1. The van der Waals surface area contributed by atoms with Crippen molar-refractivity contribution in [2.24, 2.45) is 0 Å². The first kappa shape index (κ1) is 28.3. The van der Waals surface area contributed by atoms with Gasteiger partial charge < -0.3 is 10.4 Å². The highest BCUT2D eigenvalue weighted by molar-refractivity contribution is 7.99. The van der Waals surface area contributed by atoms with E-state index in [0.29, 0.717) is 19.5 Å². The maximum absolute atomic E-state index is 13.1. The van der Waals surface area contributed by atoms with Crippen LogP contribution >= 0.6 is 11.8 Å². The third-order valence-electron chi connectivity index (χ3n) is 6.36. The molecule has 3 aromatic carbocycles. The van der Waals surface area contributed by atoms with Crippen molar-refractivity contribution in [2.75, 3.05) is 18.0 Å². The first-order valence-electron chi connectivity index (χ1n) is 13.2. The Morgan fingerprint density at radius 1 is 0.865 bits per heavy atom. The van der Waals surface area contributed by atoms with Crippen LogP contribution in [0.3, 0.4) is 0 Å². The van der Waals surface area contributed by atoms with Gasteiger partial charge in [0, 0.05) is 28.6 Å². The van der Waals surface area contributed by atoms with E-state index in [1.54, 1.807) is 11.8 Å². The second-order valence-electron chi connectivity index (χ2n) is 9.14. The average Bonchev–Trinajstić information content (AvgIpc) is 2.91. The zero-order valence-corrected chi connectivity index (χ0v) is 22.7. The van der Waals surface area contributed by atoms with Crippen molar-refractivity contribution in [3.05, 3.63) is 90.0 Å². The summed E-state index contributed by atoms with van der Waals surface area (Å²) in [5.74, 6) is -1.26. The van der Waals surface area contributed by atoms with Crippen LogP contribution in [-0.2, 0) is 11.2 Å². The van der Waals surface area contributed by atoms with Crippen molar-refractivity contribution in [1.82, 2.24) is 5.32 Å². The number of urea groups is 1. The van der Waals surface area contributed by atoms with E-state index in [1.807, 2.05) is 78.6 Å². The van der Waals surface area contributed by atoms with Crippen molar-refractivity contribution in [2.45, 2.75) is 68.1 Å². The zero-order chi connectivity index (χ0) is 26.5. The second kappa shape index (κ2) is 15.1. The number of carbonyl (C=O) groups excluding carboxylic acids is 1. The SMILES string of the molecule is CCCCCNC(=O)N(CCCc1ccccc1)c1ccc(Sc2ccc(C(CC)C(=O)O)cc2)cc1. The molecule has 2 amide bonds. The first-order valence-corrected chi connectivity index (χ1v) is 14.0. The largest absolute Gasteiger partial charge is 0.481 e. The molecule has 0 aliphatic rings. The minimum atomic E-state index is -0.791. The minimum Gasteiger partial charge on any atom is -0.481 e. The molecule has 3 aromatic rings. The predicted molar refractivity (Wildman–Crippen MR) is 153 cm³/mol. The molecule has 0 bridgehead atoms. The summed E-state index contributed by atoms with van der Waals surface area (Å²) in [6, 6.07) is 26.1. The van der Waals surface area contributed by atoms with Crippen molar-refractivity contribution in [1.29, 1.82) is 0 Å². The zero-order valence-electron chi connectivity index (χ0n) is 21.9. The molecule has 0 heterocycles. The average molecular weight is 519 g/mol. The third-order valence-corrected chi connectivity index (χ3v) is 7.38. The summed E-state index contributed by atoms with van der Waals surface area (Å²) in [7, 11) is 0. The topological polar surface area (TPSA) is 69.6 Å². The molecule has 0 spiro atoms. The number of aliphatic carboxylic acids is 1. The number of benzene rings is 3. The fourth-order valence-electron chi connectivity index (χ4n) is 4.25. The number of nitrogens with one attached hydrogen (secondary N) is 1. The Morgan fingerprint density at radius 2 is 1.51 bits per heavy atom. The van der Waals surface area contributed by atoms with E-state index in [1.165, 1.54) is 5.56 Å². The number of unbranched alkanes of at least 4 members (excludes halogenated alkanes) is 2. The molecule has 0 aliphatic heterocycles. The Balaban J connectivity index is 1.65. The van der Waals surface area contributed by atoms with Crippen LogP contribution in [0.2, 0.25) is 0 Å². The number of anilines is 1. The number of hydrogen-bond donors (Lipinski definition) is 2. The van der Waals surface area contributed by atoms with Gasteiger partial charge in [0.2, 0.25) is 0 Å². The summed E-state index contributed by atoms with van der Waals surface area (Å²) in [5.41, 5.74) is 2.98. The monoisotopic (exact) mass is 518 g/mol. The predicted octanol–water partition coefficient (Wildman–Crippen LogP) is 7.76. The van der Waals surface area contributed by atoms with Gasteiger partial charge in [-0.15, -0.1) is 0 Å². The lowest BCUT2D eigenvalue weighted by Crippen LogP contribution is -2.41. The number of hydrogen-bond acceptors (Lipinski definition) is 3. The van der Waals surface area contributed by atoms with E-state index >= 15 is 0 Å². The molecule has 2 N–H and O–H groups in total. The minimum absolute atomic E-state index is 0.0518. The normalized spacial score (nSPS) is 11.6. The summed E-state index contributed by atoms with van der Waals surface area (Å²) >= 11 is 1.62. The molecule has 3 rings (SSSR count). The molecule has 37 heavy (non-hydrogen) atoms. The van der Waals surface area contributed by atoms with Gasteiger partial charge in [-0.25, -0.2) is 4.79 Å². The van der Waals surface area contributed by atoms with Gasteiger partial charge in [-0.2, -0.15) is 0 Å². The summed E-state index contributed by atoms with van der Waals surface area (Å²) in [6.45, 7) is 5.38. The van der Waals surface area contributed by atoms with E-state index in [2.05, 4.69) is 24.4 Å². The molecule has 0 saturated heterocycles. The number of carboxylic acid groups (broad SMARTS) is 1. The van der Waals surface area contributed by atoms with Crippen molar-refractivity contribution in [3.8, 4) is 0 Å². The van der Waals surface area contributed by atoms with Gasteiger partial charge in [0.1, 0.15) is 0 Å². The van der Waals surface area contributed by atoms with E-state index in [0.717, 1.165) is 53.1 Å². The summed E-state index contributed by atoms with van der Waals surface area (Å²) in [4.78, 5) is 28.4. The van der Waals surface area contributed by atoms with Crippen LogP contribution in [0.15, 0.2) is 88.7 Å². The Hall–Kier alpha value is -3.25. The van der Waals surface area contributed by atoms with Crippen LogP contribution in [0.4, 0.5) is 10.5 Å². The fourth-order valence-corrected chi connectivity index (χ4v) is 5.07. The number of amides is 2. The summed E-state index contributed by atoms with van der Waals surface area (Å²) in [5, 5.41) is 12.5. The molecule has 0 saturated carbocycles. The Kier molecular flexibility index (Phi) is 11.6. The lowest BCUT2D eigenvalue weighted by atomic mass is 9.97. The van der Waals surface area contributed by atoms with Gasteiger partial charge in [0.25, 0.3) is 0 Å². The highest BCUT2D eigenvalue weighted by Crippen LogP contribution is 2.31. The Morgan fingerprint density at radius 3 is 2.11 bits per heavy atom. The van der Waals surface area contributed by atoms with Crippen LogP contribution in [0.1, 0.15) is 63.0 Å². The van der Waals surface area contributed by atoms with Gasteiger partial charge in [0.15, 0.2) is 0 Å². The molecule has 6 heteroatoms.